The number of amides is 1. The van der Waals surface area contributed by atoms with Gasteiger partial charge in [-0.1, -0.05) is 36.2 Å². The van der Waals surface area contributed by atoms with Crippen LogP contribution in [-0.4, -0.2) is 31.6 Å². The molecule has 2 aromatic rings. The number of hydrogen-bond donors (Lipinski definition) is 1. The predicted octanol–water partition coefficient (Wildman–Crippen LogP) is 5.16. The zero-order chi connectivity index (χ0) is 22.5. The van der Waals surface area contributed by atoms with Gasteiger partial charge in [0.05, 0.1) is 22.7 Å². The molecule has 1 aliphatic rings. The van der Waals surface area contributed by atoms with Crippen LogP contribution in [-0.2, 0) is 31.9 Å². The summed E-state index contributed by atoms with van der Waals surface area (Å²) in [7, 11) is 1.31. The summed E-state index contributed by atoms with van der Waals surface area (Å²) in [5, 5.41) is 3.89. The first-order chi connectivity index (χ1) is 14.8. The number of carbonyl (C=O) groups is 3. The summed E-state index contributed by atoms with van der Waals surface area (Å²) >= 11 is 13.2. The Bertz CT molecular complexity index is 1050. The highest BCUT2D eigenvalue weighted by Crippen LogP contribution is 2.40. The molecule has 31 heavy (non-hydrogen) atoms. The Balaban J connectivity index is 1.61. The normalized spacial score (nSPS) is 15.4. The molecule has 0 radical (unpaired) electrons. The van der Waals surface area contributed by atoms with Gasteiger partial charge in [0, 0.05) is 11.0 Å². The highest BCUT2D eigenvalue weighted by molar-refractivity contribution is 7.17. The number of benzene rings is 1. The minimum atomic E-state index is -0.686. The number of fused-ring (bicyclic) bond motifs is 1. The van der Waals surface area contributed by atoms with Crippen molar-refractivity contribution in [3.63, 3.8) is 0 Å². The van der Waals surface area contributed by atoms with Crippen molar-refractivity contribution in [2.75, 3.05) is 19.0 Å². The largest absolute Gasteiger partial charge is 0.465 e. The van der Waals surface area contributed by atoms with Crippen LogP contribution in [0.2, 0.25) is 10.0 Å². The van der Waals surface area contributed by atoms with E-state index in [1.54, 1.807) is 18.2 Å². The Kier molecular flexibility index (Phi) is 7.75. The molecule has 1 amide bonds. The molecule has 1 N–H and O–H groups in total. The minimum absolute atomic E-state index is 0.367. The zero-order valence-corrected chi connectivity index (χ0v) is 19.3. The van der Waals surface area contributed by atoms with E-state index in [2.05, 4.69) is 12.2 Å². The maximum Gasteiger partial charge on any atom is 0.341 e. The summed E-state index contributed by atoms with van der Waals surface area (Å²) in [6, 6.07) is 4.91. The van der Waals surface area contributed by atoms with Gasteiger partial charge in [-0.15, -0.1) is 11.3 Å². The molecule has 1 aliphatic carbocycles. The summed E-state index contributed by atoms with van der Waals surface area (Å²) < 4.78 is 9.89. The van der Waals surface area contributed by atoms with Crippen molar-refractivity contribution < 1.29 is 23.9 Å². The third kappa shape index (κ3) is 5.87. The Morgan fingerprint density at radius 3 is 2.74 bits per heavy atom. The fourth-order valence-corrected chi connectivity index (χ4v) is 5.01. The number of esters is 2. The van der Waals surface area contributed by atoms with Crippen LogP contribution >= 0.6 is 34.5 Å². The number of carbonyl (C=O) groups excluding carboxylic acids is 3. The number of hydrogen-bond acceptors (Lipinski definition) is 6. The van der Waals surface area contributed by atoms with E-state index in [1.165, 1.54) is 30.6 Å². The summed E-state index contributed by atoms with van der Waals surface area (Å²) in [5.41, 5.74) is 2.00. The van der Waals surface area contributed by atoms with Crippen LogP contribution < -0.4 is 5.32 Å². The first-order valence-electron chi connectivity index (χ1n) is 9.61. The lowest BCUT2D eigenvalue weighted by Crippen LogP contribution is -2.21. The molecule has 1 heterocycles. The maximum atomic E-state index is 12.3. The Morgan fingerprint density at radius 2 is 2.03 bits per heavy atom. The van der Waals surface area contributed by atoms with E-state index in [0.29, 0.717) is 32.1 Å². The summed E-state index contributed by atoms with van der Waals surface area (Å²) in [6.07, 6.45) is 5.30. The van der Waals surface area contributed by atoms with E-state index in [-0.39, 0.29) is 0 Å². The van der Waals surface area contributed by atoms with Crippen LogP contribution in [0.4, 0.5) is 5.00 Å². The van der Waals surface area contributed by atoms with E-state index < -0.39 is 24.5 Å². The van der Waals surface area contributed by atoms with Crippen LogP contribution in [0.1, 0.15) is 39.7 Å². The van der Waals surface area contributed by atoms with E-state index in [9.17, 15) is 14.4 Å². The average Bonchev–Trinajstić information content (AvgIpc) is 3.09. The topological polar surface area (TPSA) is 81.7 Å². The van der Waals surface area contributed by atoms with Crippen molar-refractivity contribution in [2.24, 2.45) is 5.92 Å². The average molecular weight is 482 g/mol. The lowest BCUT2D eigenvalue weighted by atomic mass is 9.88. The van der Waals surface area contributed by atoms with E-state index in [1.807, 2.05) is 0 Å². The van der Waals surface area contributed by atoms with Gasteiger partial charge in [-0.3, -0.25) is 4.79 Å². The van der Waals surface area contributed by atoms with Crippen molar-refractivity contribution in [3.8, 4) is 0 Å². The van der Waals surface area contributed by atoms with Crippen LogP contribution in [0, 0.1) is 5.92 Å². The number of nitrogens with one attached hydrogen (secondary N) is 1. The maximum absolute atomic E-state index is 12.3. The molecule has 0 saturated carbocycles. The van der Waals surface area contributed by atoms with Gasteiger partial charge >= 0.3 is 11.9 Å². The first-order valence-corrected chi connectivity index (χ1v) is 11.2. The molecule has 1 aromatic carbocycles. The number of rotatable bonds is 6. The standard InChI is InChI=1S/C22H21Cl2NO5S/c1-12-3-6-14-17(9-12)31-21(20(14)22(28)29-2)25-18(26)11-30-19(27)8-5-13-4-7-15(23)16(24)10-13/h4-5,7-8,10,12H,3,6,9,11H2,1-2H3,(H,25,26)/b8-5+/t12-/m0/s1. The molecule has 0 spiro atoms. The molecule has 0 fully saturated rings. The van der Waals surface area contributed by atoms with Gasteiger partial charge in [0.15, 0.2) is 6.61 Å². The molecule has 164 valence electrons. The van der Waals surface area contributed by atoms with E-state index >= 15 is 0 Å². The Hall–Kier alpha value is -2.35. The molecule has 0 unspecified atom stereocenters. The van der Waals surface area contributed by atoms with Crippen molar-refractivity contribution in [2.45, 2.75) is 26.2 Å². The van der Waals surface area contributed by atoms with Gasteiger partial charge in [-0.05, 0) is 54.5 Å². The molecule has 0 aliphatic heterocycles. The smallest absolute Gasteiger partial charge is 0.341 e. The predicted molar refractivity (Wildman–Crippen MR) is 122 cm³/mol. The fourth-order valence-electron chi connectivity index (χ4n) is 3.28. The van der Waals surface area contributed by atoms with Crippen molar-refractivity contribution >= 4 is 63.5 Å². The molecule has 6 nitrogen and oxygen atoms in total. The summed E-state index contributed by atoms with van der Waals surface area (Å²) in [6.45, 7) is 1.67. The van der Waals surface area contributed by atoms with Gasteiger partial charge in [-0.25, -0.2) is 9.59 Å². The van der Waals surface area contributed by atoms with Crippen LogP contribution in [0.15, 0.2) is 24.3 Å². The number of halogens is 2. The molecule has 0 saturated heterocycles. The second-order valence-corrected chi connectivity index (χ2v) is 9.13. The van der Waals surface area contributed by atoms with Gasteiger partial charge in [-0.2, -0.15) is 0 Å². The number of methoxy groups -OCH3 is 1. The van der Waals surface area contributed by atoms with Crippen LogP contribution in [0.5, 0.6) is 0 Å². The molecule has 9 heteroatoms. The molecule has 1 aromatic heterocycles. The summed E-state index contributed by atoms with van der Waals surface area (Å²) in [5.74, 6) is -1.19. The lowest BCUT2D eigenvalue weighted by molar-refractivity contribution is -0.142. The van der Waals surface area contributed by atoms with Crippen molar-refractivity contribution in [3.05, 3.63) is 55.9 Å². The number of ether oxygens (including phenoxy) is 2. The second-order valence-electron chi connectivity index (χ2n) is 7.21. The molecular formula is C22H21Cl2NO5S. The highest BCUT2D eigenvalue weighted by atomic mass is 35.5. The monoisotopic (exact) mass is 481 g/mol. The SMILES string of the molecule is COC(=O)c1c(NC(=O)COC(=O)/C=C/c2ccc(Cl)c(Cl)c2)sc2c1CC[C@H](C)C2. The Labute approximate surface area is 194 Å². The number of anilines is 1. The highest BCUT2D eigenvalue weighted by Gasteiger charge is 2.28. The fraction of sp³-hybridized carbons (Fsp3) is 0.318. The lowest BCUT2D eigenvalue weighted by Gasteiger charge is -2.18. The number of thiophene rings is 1. The van der Waals surface area contributed by atoms with Crippen molar-refractivity contribution in [1.82, 2.24) is 0 Å². The minimum Gasteiger partial charge on any atom is -0.465 e. The van der Waals surface area contributed by atoms with E-state index in [4.69, 9.17) is 32.7 Å². The third-order valence-corrected chi connectivity index (χ3v) is 6.76. The Morgan fingerprint density at radius 1 is 1.26 bits per heavy atom. The van der Waals surface area contributed by atoms with Crippen LogP contribution in [0.3, 0.4) is 0 Å². The van der Waals surface area contributed by atoms with Crippen LogP contribution in [0.25, 0.3) is 6.08 Å². The molecule has 3 rings (SSSR count). The quantitative estimate of drug-likeness (QED) is 0.454. The molecule has 0 bridgehead atoms. The zero-order valence-electron chi connectivity index (χ0n) is 17.0. The van der Waals surface area contributed by atoms with Gasteiger partial charge in [0.1, 0.15) is 5.00 Å². The van der Waals surface area contributed by atoms with Gasteiger partial charge in [0.2, 0.25) is 0 Å². The van der Waals surface area contributed by atoms with Gasteiger partial charge < -0.3 is 14.8 Å². The van der Waals surface area contributed by atoms with E-state index in [0.717, 1.165) is 29.7 Å². The van der Waals surface area contributed by atoms with Gasteiger partial charge in [0.25, 0.3) is 5.91 Å². The molecular weight excluding hydrogens is 461 g/mol. The third-order valence-electron chi connectivity index (χ3n) is 4.86. The van der Waals surface area contributed by atoms with Crippen molar-refractivity contribution in [1.29, 1.82) is 0 Å². The summed E-state index contributed by atoms with van der Waals surface area (Å²) in [4.78, 5) is 37.6. The molecule has 1 atom stereocenters. The second kappa shape index (κ2) is 10.3. The first kappa shape index (κ1) is 23.3.